The average Bonchev–Trinajstić information content (AvgIpc) is 3.27. The molecule has 0 bridgehead atoms. The summed E-state index contributed by atoms with van der Waals surface area (Å²) in [7, 11) is 0. The monoisotopic (exact) mass is 387 g/mol. The summed E-state index contributed by atoms with van der Waals surface area (Å²) >= 11 is 0. The zero-order chi connectivity index (χ0) is 20.2. The molecule has 6 nitrogen and oxygen atoms in total. The first-order valence-corrected chi connectivity index (χ1v) is 9.90. The minimum Gasteiger partial charge on any atom is -0.342 e. The van der Waals surface area contributed by atoms with Crippen LogP contribution in [-0.2, 0) is 24.2 Å². The molecule has 148 valence electrons. The van der Waals surface area contributed by atoms with Gasteiger partial charge in [0, 0.05) is 30.8 Å². The van der Waals surface area contributed by atoms with Gasteiger partial charge >= 0.3 is 0 Å². The van der Waals surface area contributed by atoms with Crippen molar-refractivity contribution in [1.29, 1.82) is 0 Å². The van der Waals surface area contributed by atoms with Gasteiger partial charge in [-0.15, -0.1) is 0 Å². The Hall–Kier alpha value is -3.41. The summed E-state index contributed by atoms with van der Waals surface area (Å²) in [5.41, 5.74) is 5.95. The van der Waals surface area contributed by atoms with Crippen LogP contribution >= 0.6 is 0 Å². The third-order valence-electron chi connectivity index (χ3n) is 4.96. The van der Waals surface area contributed by atoms with Gasteiger partial charge in [-0.05, 0) is 50.1 Å². The maximum atomic E-state index is 12.3. The number of aryl methyl sites for hydroxylation is 5. The molecule has 0 fully saturated rings. The van der Waals surface area contributed by atoms with E-state index in [0.717, 1.165) is 46.8 Å². The molecular formula is C23H25N5O. The van der Waals surface area contributed by atoms with Crippen LogP contribution in [0.4, 0.5) is 5.69 Å². The molecule has 29 heavy (non-hydrogen) atoms. The van der Waals surface area contributed by atoms with Crippen LogP contribution in [0.5, 0.6) is 0 Å². The number of nitrogens with zero attached hydrogens (tertiary/aromatic N) is 3. The molecule has 0 aliphatic rings. The highest BCUT2D eigenvalue weighted by Crippen LogP contribution is 2.18. The molecule has 0 spiro atoms. The number of fused-ring (bicyclic) bond motifs is 1. The van der Waals surface area contributed by atoms with Crippen molar-refractivity contribution >= 4 is 22.6 Å². The third kappa shape index (κ3) is 4.71. The highest BCUT2D eigenvalue weighted by atomic mass is 16.1. The van der Waals surface area contributed by atoms with Gasteiger partial charge in [0.1, 0.15) is 5.82 Å². The SMILES string of the molecule is Cc1cc(C)n(CCC(=O)Nc2ccc3nc(CCc4ccccc4)[nH]c3c2)n1. The first kappa shape index (κ1) is 18.9. The fourth-order valence-electron chi connectivity index (χ4n) is 3.50. The zero-order valence-electron chi connectivity index (χ0n) is 16.8. The van der Waals surface area contributed by atoms with Crippen molar-refractivity contribution in [2.24, 2.45) is 0 Å². The highest BCUT2D eigenvalue weighted by molar-refractivity contribution is 5.93. The average molecular weight is 387 g/mol. The molecule has 0 saturated carbocycles. The summed E-state index contributed by atoms with van der Waals surface area (Å²) in [5.74, 6) is 0.928. The molecule has 4 aromatic rings. The van der Waals surface area contributed by atoms with Crippen molar-refractivity contribution in [2.45, 2.75) is 39.7 Å². The Bertz CT molecular complexity index is 1130. The molecule has 0 unspecified atom stereocenters. The molecule has 6 heteroatoms. The highest BCUT2D eigenvalue weighted by Gasteiger charge is 2.08. The van der Waals surface area contributed by atoms with Gasteiger partial charge in [-0.2, -0.15) is 5.10 Å². The van der Waals surface area contributed by atoms with Crippen molar-refractivity contribution in [3.63, 3.8) is 0 Å². The fourth-order valence-corrected chi connectivity index (χ4v) is 3.50. The second kappa shape index (κ2) is 8.31. The smallest absolute Gasteiger partial charge is 0.226 e. The van der Waals surface area contributed by atoms with Crippen molar-refractivity contribution < 1.29 is 4.79 Å². The summed E-state index contributed by atoms with van der Waals surface area (Å²) < 4.78 is 1.87. The van der Waals surface area contributed by atoms with Gasteiger partial charge in [-0.3, -0.25) is 9.48 Å². The van der Waals surface area contributed by atoms with E-state index in [0.29, 0.717) is 13.0 Å². The Labute approximate surface area is 170 Å². The van der Waals surface area contributed by atoms with E-state index in [-0.39, 0.29) is 5.91 Å². The second-order valence-electron chi connectivity index (χ2n) is 7.35. The Kier molecular flexibility index (Phi) is 5.42. The molecule has 0 radical (unpaired) electrons. The van der Waals surface area contributed by atoms with E-state index in [1.54, 1.807) is 0 Å². The molecule has 2 aromatic heterocycles. The number of amides is 1. The van der Waals surface area contributed by atoms with Gasteiger partial charge in [0.2, 0.25) is 5.91 Å². The van der Waals surface area contributed by atoms with Crippen LogP contribution in [0.15, 0.2) is 54.6 Å². The van der Waals surface area contributed by atoms with E-state index in [1.165, 1.54) is 5.56 Å². The van der Waals surface area contributed by atoms with Gasteiger partial charge in [0.15, 0.2) is 0 Å². The number of nitrogens with one attached hydrogen (secondary N) is 2. The number of rotatable bonds is 7. The summed E-state index contributed by atoms with van der Waals surface area (Å²) in [4.78, 5) is 20.4. The number of aromatic amines is 1. The molecule has 2 heterocycles. The normalized spacial score (nSPS) is 11.1. The standard InChI is InChI=1S/C23H25N5O/c1-16-14-17(2)28(27-16)13-12-23(29)24-19-9-10-20-21(15-19)26-22(25-20)11-8-18-6-4-3-5-7-18/h3-7,9-10,14-15H,8,11-13H2,1-2H3,(H,24,29)(H,25,26). The summed E-state index contributed by atoms with van der Waals surface area (Å²) in [6, 6.07) is 18.2. The van der Waals surface area contributed by atoms with Gasteiger partial charge in [-0.1, -0.05) is 30.3 Å². The number of hydrogen-bond donors (Lipinski definition) is 2. The van der Waals surface area contributed by atoms with Crippen molar-refractivity contribution in [3.8, 4) is 0 Å². The van der Waals surface area contributed by atoms with Crippen LogP contribution in [0.2, 0.25) is 0 Å². The van der Waals surface area contributed by atoms with E-state index in [2.05, 4.69) is 44.6 Å². The Morgan fingerprint density at radius 2 is 1.90 bits per heavy atom. The number of H-pyrrole nitrogens is 1. The Morgan fingerprint density at radius 3 is 2.66 bits per heavy atom. The number of carbonyl (C=O) groups is 1. The van der Waals surface area contributed by atoms with Crippen LogP contribution in [-0.4, -0.2) is 25.7 Å². The van der Waals surface area contributed by atoms with Crippen LogP contribution in [0.3, 0.4) is 0 Å². The second-order valence-corrected chi connectivity index (χ2v) is 7.35. The zero-order valence-corrected chi connectivity index (χ0v) is 16.8. The van der Waals surface area contributed by atoms with E-state index >= 15 is 0 Å². The number of hydrogen-bond acceptors (Lipinski definition) is 3. The molecule has 0 saturated heterocycles. The van der Waals surface area contributed by atoms with Crippen LogP contribution in [0.25, 0.3) is 11.0 Å². The Morgan fingerprint density at radius 1 is 1.07 bits per heavy atom. The molecule has 1 amide bonds. The number of benzene rings is 2. The maximum Gasteiger partial charge on any atom is 0.226 e. The first-order valence-electron chi connectivity index (χ1n) is 9.90. The van der Waals surface area contributed by atoms with Crippen molar-refractivity contribution in [1.82, 2.24) is 19.7 Å². The van der Waals surface area contributed by atoms with Gasteiger partial charge in [0.05, 0.1) is 16.7 Å². The van der Waals surface area contributed by atoms with Gasteiger partial charge in [-0.25, -0.2) is 4.98 Å². The lowest BCUT2D eigenvalue weighted by atomic mass is 10.1. The lowest BCUT2D eigenvalue weighted by Crippen LogP contribution is -2.15. The minimum atomic E-state index is -0.0271. The predicted octanol–water partition coefficient (Wildman–Crippen LogP) is 4.19. The van der Waals surface area contributed by atoms with Gasteiger partial charge < -0.3 is 10.3 Å². The summed E-state index contributed by atoms with van der Waals surface area (Å²) in [6.07, 6.45) is 2.17. The van der Waals surface area contributed by atoms with Crippen LogP contribution < -0.4 is 5.32 Å². The van der Waals surface area contributed by atoms with Crippen molar-refractivity contribution in [3.05, 3.63) is 77.4 Å². The minimum absolute atomic E-state index is 0.0271. The quantitative estimate of drug-likeness (QED) is 0.499. The van der Waals surface area contributed by atoms with Crippen molar-refractivity contribution in [2.75, 3.05) is 5.32 Å². The van der Waals surface area contributed by atoms with Crippen LogP contribution in [0, 0.1) is 13.8 Å². The molecule has 2 N–H and O–H groups in total. The van der Waals surface area contributed by atoms with Crippen LogP contribution in [0.1, 0.15) is 29.2 Å². The molecule has 0 atom stereocenters. The number of aromatic nitrogens is 4. The van der Waals surface area contributed by atoms with E-state index < -0.39 is 0 Å². The van der Waals surface area contributed by atoms with E-state index in [4.69, 9.17) is 0 Å². The molecule has 4 rings (SSSR count). The first-order chi connectivity index (χ1) is 14.1. The molecule has 2 aromatic carbocycles. The topological polar surface area (TPSA) is 75.6 Å². The molecule has 0 aliphatic carbocycles. The van der Waals surface area contributed by atoms with Gasteiger partial charge in [0.25, 0.3) is 0 Å². The lowest BCUT2D eigenvalue weighted by Gasteiger charge is -2.06. The van der Waals surface area contributed by atoms with E-state index in [1.807, 2.05) is 48.9 Å². The van der Waals surface area contributed by atoms with E-state index in [9.17, 15) is 4.79 Å². The fraction of sp³-hybridized carbons (Fsp3) is 0.261. The summed E-state index contributed by atoms with van der Waals surface area (Å²) in [5, 5.41) is 7.37. The largest absolute Gasteiger partial charge is 0.342 e. The molecule has 0 aliphatic heterocycles. The summed E-state index contributed by atoms with van der Waals surface area (Å²) in [6.45, 7) is 4.53. The third-order valence-corrected chi connectivity index (χ3v) is 4.96. The maximum absolute atomic E-state index is 12.3. The molecular weight excluding hydrogens is 362 g/mol. The number of anilines is 1. The lowest BCUT2D eigenvalue weighted by molar-refractivity contribution is -0.116. The Balaban J connectivity index is 1.36. The number of carbonyl (C=O) groups excluding carboxylic acids is 1. The number of imidazole rings is 1. The predicted molar refractivity (Wildman–Crippen MR) is 115 cm³/mol.